The van der Waals surface area contributed by atoms with Gasteiger partial charge in [0.05, 0.1) is 7.11 Å². The number of benzene rings is 1. The van der Waals surface area contributed by atoms with Gasteiger partial charge in [-0.1, -0.05) is 29.8 Å². The maximum absolute atomic E-state index is 12.1. The van der Waals surface area contributed by atoms with Crippen LogP contribution < -0.4 is 20.1 Å². The van der Waals surface area contributed by atoms with Gasteiger partial charge < -0.3 is 25.0 Å². The van der Waals surface area contributed by atoms with Crippen LogP contribution in [-0.4, -0.2) is 56.2 Å². The van der Waals surface area contributed by atoms with Gasteiger partial charge in [-0.25, -0.2) is 0 Å². The fraction of sp³-hybridized carbons (Fsp3) is 0.650. The topological polar surface area (TPSA) is 62.8 Å². The molecule has 0 saturated heterocycles. The fourth-order valence-electron chi connectivity index (χ4n) is 2.65. The van der Waals surface area contributed by atoms with Crippen LogP contribution in [-0.2, 0) is 11.3 Å². The number of carbonyl (C=O) groups is 1. The zero-order chi connectivity index (χ0) is 20.4. The minimum absolute atomic E-state index is 0.0590. The summed E-state index contributed by atoms with van der Waals surface area (Å²) in [4.78, 5) is 14.5. The number of ether oxygens (including phenoxy) is 2. The number of nitrogens with zero attached hydrogens (tertiary/aromatic N) is 1. The molecule has 0 aromatic heterocycles. The van der Waals surface area contributed by atoms with Crippen LogP contribution >= 0.6 is 15.9 Å². The quantitative estimate of drug-likeness (QED) is 0.514. The number of nitrogens with one attached hydrogen (secondary N) is 2. The van der Waals surface area contributed by atoms with Gasteiger partial charge in [-0.3, -0.25) is 4.79 Å². The summed E-state index contributed by atoms with van der Waals surface area (Å²) in [5, 5.41) is 6.35. The summed E-state index contributed by atoms with van der Waals surface area (Å²) in [5.41, 5.74) is 0.647. The summed E-state index contributed by atoms with van der Waals surface area (Å²) in [7, 11) is 1.60. The van der Waals surface area contributed by atoms with Crippen molar-refractivity contribution in [1.82, 2.24) is 15.5 Å². The second-order valence-corrected chi connectivity index (χ2v) is 8.20. The van der Waals surface area contributed by atoms with Crippen LogP contribution in [0.4, 0.5) is 0 Å². The summed E-state index contributed by atoms with van der Waals surface area (Å²) < 4.78 is 12.2. The van der Waals surface area contributed by atoms with E-state index in [-0.39, 0.29) is 18.1 Å². The normalized spacial score (nSPS) is 11.6. The molecular weight excluding hydrogens is 410 g/mol. The molecule has 0 aliphatic carbocycles. The third-order valence-corrected chi connectivity index (χ3v) is 4.79. The first-order valence-electron chi connectivity index (χ1n) is 9.44. The van der Waals surface area contributed by atoms with Crippen LogP contribution in [0.2, 0.25) is 0 Å². The van der Waals surface area contributed by atoms with Crippen molar-refractivity contribution in [3.8, 4) is 11.5 Å². The lowest BCUT2D eigenvalue weighted by molar-refractivity contribution is -0.124. The number of rotatable bonds is 11. The minimum Gasteiger partial charge on any atom is -0.493 e. The highest BCUT2D eigenvalue weighted by molar-refractivity contribution is 9.10. The molecule has 0 atom stereocenters. The second-order valence-electron chi connectivity index (χ2n) is 7.35. The van der Waals surface area contributed by atoms with Crippen molar-refractivity contribution in [1.29, 1.82) is 0 Å². The standard InChI is InChI=1S/C20H34BrN3O3/c1-7-24(8-2)12-11-22-13-15-16(21)9-10-17(26-6)19(15)27-14-18(25)23-20(3,4)5/h9-10,22H,7-8,11-14H2,1-6H3,(H,23,25). The number of methoxy groups -OCH3 is 1. The maximum atomic E-state index is 12.1. The summed E-state index contributed by atoms with van der Waals surface area (Å²) in [6, 6.07) is 3.77. The minimum atomic E-state index is -0.295. The Bertz CT molecular complexity index is 599. The molecule has 0 aliphatic rings. The summed E-state index contributed by atoms with van der Waals surface area (Å²) >= 11 is 3.59. The van der Waals surface area contributed by atoms with Gasteiger partial charge in [0.15, 0.2) is 18.1 Å². The first-order chi connectivity index (χ1) is 12.7. The van der Waals surface area contributed by atoms with Crippen LogP contribution in [0.5, 0.6) is 11.5 Å². The smallest absolute Gasteiger partial charge is 0.258 e. The van der Waals surface area contributed by atoms with E-state index in [0.717, 1.165) is 36.2 Å². The Morgan fingerprint density at radius 1 is 1.22 bits per heavy atom. The van der Waals surface area contributed by atoms with Crippen molar-refractivity contribution < 1.29 is 14.3 Å². The molecule has 0 unspecified atom stereocenters. The molecule has 7 heteroatoms. The second kappa shape index (κ2) is 11.5. The highest BCUT2D eigenvalue weighted by atomic mass is 79.9. The molecule has 0 fully saturated rings. The number of likely N-dealkylation sites (N-methyl/N-ethyl adjacent to an activating group) is 1. The third-order valence-electron chi connectivity index (χ3n) is 4.05. The highest BCUT2D eigenvalue weighted by Crippen LogP contribution is 2.36. The molecule has 0 spiro atoms. The molecule has 0 heterocycles. The van der Waals surface area contributed by atoms with Crippen LogP contribution in [0.3, 0.4) is 0 Å². The molecule has 154 valence electrons. The number of hydrogen-bond acceptors (Lipinski definition) is 5. The van der Waals surface area contributed by atoms with Gasteiger partial charge in [0.25, 0.3) is 5.91 Å². The van der Waals surface area contributed by atoms with E-state index in [9.17, 15) is 4.79 Å². The average molecular weight is 444 g/mol. The number of halogens is 1. The van der Waals surface area contributed by atoms with E-state index in [0.29, 0.717) is 18.0 Å². The van der Waals surface area contributed by atoms with Crippen molar-refractivity contribution in [2.75, 3.05) is 39.9 Å². The molecule has 1 aromatic rings. The van der Waals surface area contributed by atoms with E-state index in [1.165, 1.54) is 0 Å². The van der Waals surface area contributed by atoms with E-state index in [4.69, 9.17) is 9.47 Å². The summed E-state index contributed by atoms with van der Waals surface area (Å²) in [6.07, 6.45) is 0. The number of amides is 1. The molecule has 0 radical (unpaired) electrons. The monoisotopic (exact) mass is 443 g/mol. The van der Waals surface area contributed by atoms with Crippen molar-refractivity contribution in [3.05, 3.63) is 22.2 Å². The summed E-state index contributed by atoms with van der Waals surface area (Å²) in [5.74, 6) is 1.04. The third kappa shape index (κ3) is 8.49. The molecule has 1 aromatic carbocycles. The molecule has 0 bridgehead atoms. The molecule has 0 aliphatic heterocycles. The van der Waals surface area contributed by atoms with Crippen molar-refractivity contribution in [3.63, 3.8) is 0 Å². The SMILES string of the molecule is CCN(CC)CCNCc1c(Br)ccc(OC)c1OCC(=O)NC(C)(C)C. The molecule has 1 amide bonds. The average Bonchev–Trinajstić information content (AvgIpc) is 2.60. The van der Waals surface area contributed by atoms with Crippen LogP contribution in [0.25, 0.3) is 0 Å². The summed E-state index contributed by atoms with van der Waals surface area (Å²) in [6.45, 7) is 14.6. The Hall–Kier alpha value is -1.31. The van der Waals surface area contributed by atoms with Gasteiger partial charge in [-0.15, -0.1) is 0 Å². The zero-order valence-corrected chi connectivity index (χ0v) is 19.0. The Morgan fingerprint density at radius 2 is 1.89 bits per heavy atom. The first kappa shape index (κ1) is 23.7. The van der Waals surface area contributed by atoms with Crippen LogP contribution in [0.1, 0.15) is 40.2 Å². The Morgan fingerprint density at radius 3 is 2.44 bits per heavy atom. The molecule has 27 heavy (non-hydrogen) atoms. The molecule has 2 N–H and O–H groups in total. The van der Waals surface area contributed by atoms with E-state index >= 15 is 0 Å². The van der Waals surface area contributed by atoms with E-state index in [2.05, 4.69) is 45.3 Å². The van der Waals surface area contributed by atoms with Gasteiger partial charge >= 0.3 is 0 Å². The molecule has 1 rings (SSSR count). The molecule has 6 nitrogen and oxygen atoms in total. The van der Waals surface area contributed by atoms with Crippen LogP contribution in [0.15, 0.2) is 16.6 Å². The predicted molar refractivity (Wildman–Crippen MR) is 114 cm³/mol. The lowest BCUT2D eigenvalue weighted by Gasteiger charge is -2.22. The van der Waals surface area contributed by atoms with Gasteiger partial charge in [-0.05, 0) is 46.0 Å². The first-order valence-corrected chi connectivity index (χ1v) is 10.2. The van der Waals surface area contributed by atoms with Crippen molar-refractivity contribution in [2.45, 2.75) is 46.7 Å². The van der Waals surface area contributed by atoms with Gasteiger partial charge in [0, 0.05) is 35.2 Å². The fourth-order valence-corrected chi connectivity index (χ4v) is 3.10. The Kier molecular flexibility index (Phi) is 10.1. The Labute approximate surface area is 172 Å². The lowest BCUT2D eigenvalue weighted by Crippen LogP contribution is -2.43. The molecular formula is C20H34BrN3O3. The van der Waals surface area contributed by atoms with Gasteiger partial charge in [-0.2, -0.15) is 0 Å². The van der Waals surface area contributed by atoms with Crippen molar-refractivity contribution in [2.24, 2.45) is 0 Å². The number of hydrogen-bond donors (Lipinski definition) is 2. The predicted octanol–water partition coefficient (Wildman–Crippen LogP) is 3.18. The lowest BCUT2D eigenvalue weighted by atomic mass is 10.1. The van der Waals surface area contributed by atoms with E-state index in [1.807, 2.05) is 32.9 Å². The van der Waals surface area contributed by atoms with Crippen molar-refractivity contribution >= 4 is 21.8 Å². The van der Waals surface area contributed by atoms with E-state index in [1.54, 1.807) is 7.11 Å². The zero-order valence-electron chi connectivity index (χ0n) is 17.4. The maximum Gasteiger partial charge on any atom is 0.258 e. The van der Waals surface area contributed by atoms with E-state index < -0.39 is 0 Å². The number of carbonyl (C=O) groups excluding carboxylic acids is 1. The molecule has 0 saturated carbocycles. The van der Waals surface area contributed by atoms with Crippen LogP contribution in [0, 0.1) is 0 Å². The highest BCUT2D eigenvalue weighted by Gasteiger charge is 2.18. The largest absolute Gasteiger partial charge is 0.493 e. The Balaban J connectivity index is 2.80. The van der Waals surface area contributed by atoms with Gasteiger partial charge in [0.1, 0.15) is 0 Å². The van der Waals surface area contributed by atoms with Gasteiger partial charge in [0.2, 0.25) is 0 Å².